The maximum atomic E-state index is 13.1. The van der Waals surface area contributed by atoms with Gasteiger partial charge in [-0.15, -0.1) is 0 Å². The summed E-state index contributed by atoms with van der Waals surface area (Å²) in [5, 5.41) is 19.3. The van der Waals surface area contributed by atoms with Crippen LogP contribution in [0.2, 0.25) is 0 Å². The lowest BCUT2D eigenvalue weighted by Crippen LogP contribution is -2.54. The highest BCUT2D eigenvalue weighted by atomic mass is 16.5. The Morgan fingerprint density at radius 3 is 1.92 bits per heavy atom. The molecule has 2 aromatic carbocycles. The maximum Gasteiger partial charge on any atom is 0.274 e. The Kier molecular flexibility index (Phi) is 11.0. The number of hydrogen-bond acceptors (Lipinski definition) is 6. The number of carbonyl (C=O) groups is 5. The first-order valence-corrected chi connectivity index (χ1v) is 12.1. The second kappa shape index (κ2) is 13.9. The standard InChI is InChI=1S/C27H35N5O6/c1-17(23(34)28-15-18-8-6-5-7-9-18)30-26(37)21(14-22(33)29-16-27(2,3)4)31-24(35)19-10-12-20(13-11-19)25(36)32-38/h5-13,17,21,38H,14-16H2,1-4H3,(H,28,34)(H,29,33)(H,30,37)(H,31,35)(H,32,36). The summed E-state index contributed by atoms with van der Waals surface area (Å²) < 4.78 is 0. The van der Waals surface area contributed by atoms with Gasteiger partial charge in [-0.25, -0.2) is 5.48 Å². The zero-order chi connectivity index (χ0) is 28.3. The van der Waals surface area contributed by atoms with Crippen molar-refractivity contribution in [1.82, 2.24) is 26.7 Å². The van der Waals surface area contributed by atoms with Crippen molar-refractivity contribution in [2.45, 2.75) is 52.7 Å². The Balaban J connectivity index is 2.08. The van der Waals surface area contributed by atoms with Crippen molar-refractivity contribution in [3.63, 3.8) is 0 Å². The number of nitrogens with one attached hydrogen (secondary N) is 5. The van der Waals surface area contributed by atoms with E-state index in [1.165, 1.54) is 36.7 Å². The molecular formula is C27H35N5O6. The van der Waals surface area contributed by atoms with E-state index >= 15 is 0 Å². The van der Waals surface area contributed by atoms with Crippen molar-refractivity contribution in [3.8, 4) is 0 Å². The third kappa shape index (κ3) is 10.0. The third-order valence-electron chi connectivity index (χ3n) is 5.40. The van der Waals surface area contributed by atoms with Crippen LogP contribution in [0.1, 0.15) is 60.4 Å². The minimum absolute atomic E-state index is 0.121. The SMILES string of the molecule is CC(NC(=O)C(CC(=O)NCC(C)(C)C)NC(=O)c1ccc(C(=O)NO)cc1)C(=O)NCc1ccccc1. The summed E-state index contributed by atoms with van der Waals surface area (Å²) in [7, 11) is 0. The molecule has 0 aromatic heterocycles. The van der Waals surface area contributed by atoms with E-state index in [0.29, 0.717) is 6.54 Å². The van der Waals surface area contributed by atoms with Crippen LogP contribution >= 0.6 is 0 Å². The normalized spacial score (nSPS) is 12.4. The van der Waals surface area contributed by atoms with E-state index in [9.17, 15) is 24.0 Å². The summed E-state index contributed by atoms with van der Waals surface area (Å²) in [4.78, 5) is 62.5. The van der Waals surface area contributed by atoms with Crippen molar-refractivity contribution in [3.05, 3.63) is 71.3 Å². The van der Waals surface area contributed by atoms with Gasteiger partial charge in [0.15, 0.2) is 0 Å². The largest absolute Gasteiger partial charge is 0.355 e. The molecule has 11 nitrogen and oxygen atoms in total. The molecular weight excluding hydrogens is 490 g/mol. The highest BCUT2D eigenvalue weighted by Gasteiger charge is 2.27. The van der Waals surface area contributed by atoms with E-state index in [1.54, 1.807) is 0 Å². The lowest BCUT2D eigenvalue weighted by Gasteiger charge is -2.23. The average molecular weight is 526 g/mol. The van der Waals surface area contributed by atoms with E-state index < -0.39 is 41.6 Å². The van der Waals surface area contributed by atoms with Crippen molar-refractivity contribution < 1.29 is 29.2 Å². The fourth-order valence-corrected chi connectivity index (χ4v) is 3.23. The van der Waals surface area contributed by atoms with Crippen LogP contribution in [0.3, 0.4) is 0 Å². The molecule has 11 heteroatoms. The summed E-state index contributed by atoms with van der Waals surface area (Å²) >= 11 is 0. The molecule has 2 aromatic rings. The summed E-state index contributed by atoms with van der Waals surface area (Å²) in [5.41, 5.74) is 2.45. The van der Waals surface area contributed by atoms with E-state index in [1.807, 2.05) is 51.1 Å². The van der Waals surface area contributed by atoms with Crippen LogP contribution in [0.5, 0.6) is 0 Å². The van der Waals surface area contributed by atoms with Gasteiger partial charge in [0.1, 0.15) is 12.1 Å². The van der Waals surface area contributed by atoms with Crippen molar-refractivity contribution in [2.75, 3.05) is 6.54 Å². The molecule has 38 heavy (non-hydrogen) atoms. The molecule has 0 heterocycles. The van der Waals surface area contributed by atoms with Crippen LogP contribution in [-0.4, -0.2) is 53.4 Å². The second-order valence-electron chi connectivity index (χ2n) is 10.0. The number of hydroxylamine groups is 1. The van der Waals surface area contributed by atoms with Crippen LogP contribution in [0.4, 0.5) is 0 Å². The number of hydrogen-bond donors (Lipinski definition) is 6. The fourth-order valence-electron chi connectivity index (χ4n) is 3.23. The molecule has 204 valence electrons. The highest BCUT2D eigenvalue weighted by Crippen LogP contribution is 2.11. The summed E-state index contributed by atoms with van der Waals surface area (Å²) in [6, 6.07) is 12.4. The Bertz CT molecular complexity index is 1130. The molecule has 0 aliphatic carbocycles. The Morgan fingerprint density at radius 1 is 0.789 bits per heavy atom. The first-order valence-electron chi connectivity index (χ1n) is 12.1. The van der Waals surface area contributed by atoms with Gasteiger partial charge in [-0.3, -0.25) is 29.2 Å². The van der Waals surface area contributed by atoms with Gasteiger partial charge in [0.25, 0.3) is 11.8 Å². The molecule has 0 saturated carbocycles. The quantitative estimate of drug-likeness (QED) is 0.191. The number of carbonyl (C=O) groups excluding carboxylic acids is 5. The molecule has 0 saturated heterocycles. The predicted octanol–water partition coefficient (Wildman–Crippen LogP) is 1.28. The number of amides is 5. The topological polar surface area (TPSA) is 166 Å². The van der Waals surface area contributed by atoms with Gasteiger partial charge in [-0.1, -0.05) is 51.1 Å². The van der Waals surface area contributed by atoms with Crippen molar-refractivity contribution in [2.24, 2.45) is 5.41 Å². The van der Waals surface area contributed by atoms with E-state index in [0.717, 1.165) is 5.56 Å². The zero-order valence-corrected chi connectivity index (χ0v) is 22.0. The lowest BCUT2D eigenvalue weighted by molar-refractivity contribution is -0.131. The average Bonchev–Trinajstić information content (AvgIpc) is 2.89. The number of benzene rings is 2. The minimum Gasteiger partial charge on any atom is -0.355 e. The van der Waals surface area contributed by atoms with Gasteiger partial charge in [-0.05, 0) is 42.2 Å². The lowest BCUT2D eigenvalue weighted by atomic mass is 9.97. The minimum atomic E-state index is -1.27. The van der Waals surface area contributed by atoms with Gasteiger partial charge in [-0.2, -0.15) is 0 Å². The predicted molar refractivity (Wildman–Crippen MR) is 140 cm³/mol. The smallest absolute Gasteiger partial charge is 0.274 e. The Morgan fingerprint density at radius 2 is 1.37 bits per heavy atom. The van der Waals surface area contributed by atoms with Crippen LogP contribution in [0.15, 0.2) is 54.6 Å². The van der Waals surface area contributed by atoms with E-state index in [-0.39, 0.29) is 29.5 Å². The fraction of sp³-hybridized carbons (Fsp3) is 0.370. The van der Waals surface area contributed by atoms with Gasteiger partial charge in [0.05, 0.1) is 6.42 Å². The maximum absolute atomic E-state index is 13.1. The first-order chi connectivity index (χ1) is 17.9. The molecule has 0 bridgehead atoms. The molecule has 0 aliphatic heterocycles. The van der Waals surface area contributed by atoms with Crippen LogP contribution < -0.4 is 26.7 Å². The van der Waals surface area contributed by atoms with Crippen LogP contribution in [-0.2, 0) is 20.9 Å². The van der Waals surface area contributed by atoms with Gasteiger partial charge in [0.2, 0.25) is 17.7 Å². The third-order valence-corrected chi connectivity index (χ3v) is 5.40. The highest BCUT2D eigenvalue weighted by molar-refractivity contribution is 6.01. The Hall–Kier alpha value is -4.25. The van der Waals surface area contributed by atoms with Gasteiger partial charge in [0, 0.05) is 24.2 Å². The van der Waals surface area contributed by atoms with E-state index in [2.05, 4.69) is 21.3 Å². The molecule has 0 spiro atoms. The van der Waals surface area contributed by atoms with E-state index in [4.69, 9.17) is 5.21 Å². The second-order valence-corrected chi connectivity index (χ2v) is 10.0. The molecule has 2 rings (SSSR count). The molecule has 0 aliphatic rings. The monoisotopic (exact) mass is 525 g/mol. The first kappa shape index (κ1) is 30.0. The van der Waals surface area contributed by atoms with Crippen molar-refractivity contribution in [1.29, 1.82) is 0 Å². The summed E-state index contributed by atoms with van der Waals surface area (Å²) in [6.07, 6.45) is -0.350. The summed E-state index contributed by atoms with van der Waals surface area (Å²) in [5.74, 6) is -2.99. The van der Waals surface area contributed by atoms with Crippen LogP contribution in [0, 0.1) is 5.41 Å². The molecule has 2 unspecified atom stereocenters. The molecule has 0 fully saturated rings. The Labute approximate surface area is 221 Å². The van der Waals surface area contributed by atoms with Crippen LogP contribution in [0.25, 0.3) is 0 Å². The van der Waals surface area contributed by atoms with Gasteiger partial charge < -0.3 is 21.3 Å². The zero-order valence-electron chi connectivity index (χ0n) is 22.0. The molecule has 5 amide bonds. The van der Waals surface area contributed by atoms with Crippen molar-refractivity contribution >= 4 is 29.5 Å². The molecule has 0 radical (unpaired) electrons. The summed E-state index contributed by atoms with van der Waals surface area (Å²) in [6.45, 7) is 7.96. The molecule has 6 N–H and O–H groups in total. The molecule has 2 atom stereocenters. The van der Waals surface area contributed by atoms with Gasteiger partial charge >= 0.3 is 0 Å². The number of rotatable bonds is 11.